The van der Waals surface area contributed by atoms with Gasteiger partial charge in [0, 0.05) is 6.42 Å². The van der Waals surface area contributed by atoms with E-state index in [1.807, 2.05) is 6.92 Å². The Bertz CT molecular complexity index is 746. The molecule has 3 rings (SSSR count). The minimum absolute atomic E-state index is 0.00579. The van der Waals surface area contributed by atoms with Gasteiger partial charge >= 0.3 is 5.97 Å². The monoisotopic (exact) mass is 358 g/mol. The second-order valence-electron chi connectivity index (χ2n) is 7.30. The lowest BCUT2D eigenvalue weighted by atomic mass is 9.91. The highest BCUT2D eigenvalue weighted by atomic mass is 19.1. The number of allylic oxidation sites excluding steroid dienone is 3. The molecule has 3 nitrogen and oxygen atoms in total. The van der Waals surface area contributed by atoms with Crippen LogP contribution >= 0.6 is 0 Å². The van der Waals surface area contributed by atoms with Gasteiger partial charge in [-0.2, -0.15) is 0 Å². The predicted octanol–water partition coefficient (Wildman–Crippen LogP) is 5.51. The molecule has 1 aromatic carbocycles. The van der Waals surface area contributed by atoms with Gasteiger partial charge in [0.25, 0.3) is 0 Å². The van der Waals surface area contributed by atoms with Crippen molar-refractivity contribution in [3.63, 3.8) is 0 Å². The van der Waals surface area contributed by atoms with Gasteiger partial charge in [-0.3, -0.25) is 4.79 Å². The van der Waals surface area contributed by atoms with E-state index in [0.717, 1.165) is 36.8 Å². The maximum absolute atomic E-state index is 14.4. The Labute approximate surface area is 154 Å². The molecule has 0 aromatic heterocycles. The maximum Gasteiger partial charge on any atom is 0.303 e. The molecule has 4 heteroatoms. The summed E-state index contributed by atoms with van der Waals surface area (Å²) in [5.74, 6) is -1.02. The van der Waals surface area contributed by atoms with Gasteiger partial charge in [0.2, 0.25) is 0 Å². The van der Waals surface area contributed by atoms with Gasteiger partial charge in [0.1, 0.15) is 6.61 Å². The van der Waals surface area contributed by atoms with Crippen LogP contribution in [-0.4, -0.2) is 17.7 Å². The van der Waals surface area contributed by atoms with Crippen LogP contribution in [0.3, 0.4) is 0 Å². The van der Waals surface area contributed by atoms with Crippen molar-refractivity contribution < 1.29 is 19.0 Å². The summed E-state index contributed by atoms with van der Waals surface area (Å²) in [5.41, 5.74) is 5.83. The van der Waals surface area contributed by atoms with E-state index >= 15 is 0 Å². The fourth-order valence-corrected chi connectivity index (χ4v) is 3.95. The molecule has 0 spiro atoms. The van der Waals surface area contributed by atoms with Crippen LogP contribution < -0.4 is 4.74 Å². The fraction of sp³-hybridized carbons (Fsp3) is 0.500. The van der Waals surface area contributed by atoms with E-state index in [-0.39, 0.29) is 12.2 Å². The third kappa shape index (κ3) is 4.54. The average Bonchev–Trinajstić information content (AvgIpc) is 3.10. The Hall–Kier alpha value is -2.10. The van der Waals surface area contributed by atoms with Crippen molar-refractivity contribution >= 4 is 5.97 Å². The molecule has 26 heavy (non-hydrogen) atoms. The smallest absolute Gasteiger partial charge is 0.303 e. The molecule has 1 N–H and O–H groups in total. The van der Waals surface area contributed by atoms with Gasteiger partial charge in [-0.25, -0.2) is 4.39 Å². The zero-order valence-corrected chi connectivity index (χ0v) is 15.4. The Kier molecular flexibility index (Phi) is 6.12. The number of ether oxygens (including phenoxy) is 1. The predicted molar refractivity (Wildman–Crippen MR) is 100 cm³/mol. The van der Waals surface area contributed by atoms with Crippen LogP contribution in [0, 0.1) is 12.7 Å². The van der Waals surface area contributed by atoms with Gasteiger partial charge in [-0.05, 0) is 98.3 Å². The number of aliphatic carboxylic acids is 1. The summed E-state index contributed by atoms with van der Waals surface area (Å²) in [6, 6.07) is 3.11. The second-order valence-corrected chi connectivity index (χ2v) is 7.30. The molecule has 0 saturated heterocycles. The summed E-state index contributed by atoms with van der Waals surface area (Å²) in [5, 5.41) is 8.80. The van der Waals surface area contributed by atoms with Gasteiger partial charge in [-0.15, -0.1) is 0 Å². The lowest BCUT2D eigenvalue weighted by Crippen LogP contribution is -2.06. The minimum Gasteiger partial charge on any atom is -0.486 e. The first-order valence-corrected chi connectivity index (χ1v) is 9.58. The summed E-state index contributed by atoms with van der Waals surface area (Å²) in [6.07, 6.45) is 10.9. The van der Waals surface area contributed by atoms with Crippen LogP contribution in [0.15, 0.2) is 34.9 Å². The summed E-state index contributed by atoms with van der Waals surface area (Å²) in [7, 11) is 0. The van der Waals surface area contributed by atoms with E-state index < -0.39 is 11.8 Å². The van der Waals surface area contributed by atoms with Gasteiger partial charge in [0.05, 0.1) is 0 Å². The molecule has 0 unspecified atom stereocenters. The largest absolute Gasteiger partial charge is 0.486 e. The highest BCUT2D eigenvalue weighted by Gasteiger charge is 2.20. The molecule has 2 aliphatic carbocycles. The number of halogens is 1. The quantitative estimate of drug-likeness (QED) is 0.699. The maximum atomic E-state index is 14.4. The van der Waals surface area contributed by atoms with E-state index in [1.165, 1.54) is 42.0 Å². The first kappa shape index (κ1) is 18.7. The number of hydrogen-bond donors (Lipinski definition) is 1. The number of benzene rings is 1. The second kappa shape index (κ2) is 8.52. The summed E-state index contributed by atoms with van der Waals surface area (Å²) in [6.45, 7) is 2.31. The zero-order chi connectivity index (χ0) is 18.5. The van der Waals surface area contributed by atoms with Crippen LogP contribution in [0.4, 0.5) is 4.39 Å². The SMILES string of the molecule is Cc1cc(OCC2=C(C3=CCCCC3)CCC2)c(F)cc1CCC(=O)O. The third-order valence-electron chi connectivity index (χ3n) is 5.41. The van der Waals surface area contributed by atoms with E-state index in [9.17, 15) is 9.18 Å². The number of carboxylic acid groups (broad SMARTS) is 1. The molecule has 140 valence electrons. The van der Waals surface area contributed by atoms with E-state index in [1.54, 1.807) is 6.07 Å². The van der Waals surface area contributed by atoms with Crippen molar-refractivity contribution in [1.82, 2.24) is 0 Å². The van der Waals surface area contributed by atoms with Gasteiger partial charge in [0.15, 0.2) is 11.6 Å². The van der Waals surface area contributed by atoms with Crippen LogP contribution in [0.25, 0.3) is 0 Å². The molecule has 0 aliphatic heterocycles. The van der Waals surface area contributed by atoms with Gasteiger partial charge in [-0.1, -0.05) is 6.08 Å². The summed E-state index contributed by atoms with van der Waals surface area (Å²) in [4.78, 5) is 10.7. The minimum atomic E-state index is -0.872. The first-order chi connectivity index (χ1) is 12.5. The Morgan fingerprint density at radius 2 is 2.04 bits per heavy atom. The molecule has 0 heterocycles. The lowest BCUT2D eigenvalue weighted by Gasteiger charge is -2.17. The topological polar surface area (TPSA) is 46.5 Å². The van der Waals surface area contributed by atoms with Gasteiger partial charge < -0.3 is 9.84 Å². The first-order valence-electron chi connectivity index (χ1n) is 9.58. The molecule has 0 saturated carbocycles. The van der Waals surface area contributed by atoms with Crippen molar-refractivity contribution in [3.05, 3.63) is 51.9 Å². The number of carboxylic acids is 1. The lowest BCUT2D eigenvalue weighted by molar-refractivity contribution is -0.136. The highest BCUT2D eigenvalue weighted by Crippen LogP contribution is 2.36. The van der Waals surface area contributed by atoms with Crippen LogP contribution in [0.1, 0.15) is 62.5 Å². The molecular formula is C22H27FO3. The number of hydrogen-bond acceptors (Lipinski definition) is 2. The summed E-state index contributed by atoms with van der Waals surface area (Å²) < 4.78 is 20.2. The number of rotatable bonds is 7. The fourth-order valence-electron chi connectivity index (χ4n) is 3.95. The zero-order valence-electron chi connectivity index (χ0n) is 15.4. The molecule has 0 fully saturated rings. The van der Waals surface area contributed by atoms with Crippen molar-refractivity contribution in [2.24, 2.45) is 0 Å². The molecule has 1 aromatic rings. The Morgan fingerprint density at radius 3 is 2.77 bits per heavy atom. The van der Waals surface area contributed by atoms with Crippen LogP contribution in [0.2, 0.25) is 0 Å². The summed E-state index contributed by atoms with van der Waals surface area (Å²) >= 11 is 0. The van der Waals surface area contributed by atoms with E-state index in [2.05, 4.69) is 6.08 Å². The third-order valence-corrected chi connectivity index (χ3v) is 5.41. The molecule has 0 radical (unpaired) electrons. The number of aryl methyl sites for hydroxylation is 2. The van der Waals surface area contributed by atoms with E-state index in [4.69, 9.17) is 9.84 Å². The van der Waals surface area contributed by atoms with Crippen molar-refractivity contribution in [1.29, 1.82) is 0 Å². The molecule has 2 aliphatic rings. The van der Waals surface area contributed by atoms with E-state index in [0.29, 0.717) is 13.0 Å². The average molecular weight is 358 g/mol. The van der Waals surface area contributed by atoms with Crippen LogP contribution in [0.5, 0.6) is 5.75 Å². The van der Waals surface area contributed by atoms with Crippen molar-refractivity contribution in [2.75, 3.05) is 6.61 Å². The highest BCUT2D eigenvalue weighted by molar-refractivity contribution is 5.67. The molecular weight excluding hydrogens is 331 g/mol. The van der Waals surface area contributed by atoms with Crippen LogP contribution in [-0.2, 0) is 11.2 Å². The molecule has 0 amide bonds. The number of carbonyl (C=O) groups is 1. The van der Waals surface area contributed by atoms with Crippen molar-refractivity contribution in [2.45, 2.75) is 64.7 Å². The normalized spacial score (nSPS) is 17.4. The molecule has 0 bridgehead atoms. The Morgan fingerprint density at radius 1 is 1.19 bits per heavy atom. The van der Waals surface area contributed by atoms with Crippen molar-refractivity contribution in [3.8, 4) is 5.75 Å². The molecule has 0 atom stereocenters. The standard InChI is InChI=1S/C22H27FO3/c1-15-12-21(20(23)13-17(15)10-11-22(24)25)26-14-18-8-5-9-19(18)16-6-3-2-4-7-16/h6,12-13H,2-5,7-11,14H2,1H3,(H,24,25). The Balaban J connectivity index is 1.70.